The number of hydrogen-bond donors (Lipinski definition) is 2. The SMILES string of the molecule is CN1CCC(NS(=O)(=O)c2cc(CN)ccc2Cl)CC1. The van der Waals surface area contributed by atoms with Gasteiger partial charge < -0.3 is 10.6 Å². The van der Waals surface area contributed by atoms with Crippen LogP contribution in [0.1, 0.15) is 18.4 Å². The summed E-state index contributed by atoms with van der Waals surface area (Å²) in [5.74, 6) is 0. The second kappa shape index (κ2) is 6.41. The topological polar surface area (TPSA) is 75.4 Å². The molecule has 1 aliphatic heterocycles. The molecule has 2 rings (SSSR count). The Labute approximate surface area is 125 Å². The smallest absolute Gasteiger partial charge is 0.242 e. The Bertz CT molecular complexity index is 569. The quantitative estimate of drug-likeness (QED) is 0.874. The lowest BCUT2D eigenvalue weighted by Gasteiger charge is -2.29. The van der Waals surface area contributed by atoms with Crippen molar-refractivity contribution in [1.29, 1.82) is 0 Å². The van der Waals surface area contributed by atoms with Crippen LogP contribution in [0.2, 0.25) is 5.02 Å². The highest BCUT2D eigenvalue weighted by Crippen LogP contribution is 2.23. The Morgan fingerprint density at radius 3 is 2.65 bits per heavy atom. The van der Waals surface area contributed by atoms with E-state index in [1.807, 2.05) is 7.05 Å². The third-order valence-corrected chi connectivity index (χ3v) is 5.56. The summed E-state index contributed by atoms with van der Waals surface area (Å²) in [6, 6.07) is 4.82. The molecule has 0 amide bonds. The van der Waals surface area contributed by atoms with Gasteiger partial charge in [0, 0.05) is 12.6 Å². The summed E-state index contributed by atoms with van der Waals surface area (Å²) in [5.41, 5.74) is 6.30. The lowest BCUT2D eigenvalue weighted by atomic mass is 10.1. The van der Waals surface area contributed by atoms with Crippen LogP contribution in [0, 0.1) is 0 Å². The van der Waals surface area contributed by atoms with Crippen LogP contribution in [0.15, 0.2) is 23.1 Å². The number of nitrogens with one attached hydrogen (secondary N) is 1. The van der Waals surface area contributed by atoms with Gasteiger partial charge in [-0.15, -0.1) is 0 Å². The zero-order valence-electron chi connectivity index (χ0n) is 11.5. The van der Waals surface area contributed by atoms with E-state index in [0.717, 1.165) is 31.5 Å². The van der Waals surface area contributed by atoms with Crippen molar-refractivity contribution in [2.45, 2.75) is 30.3 Å². The lowest BCUT2D eigenvalue weighted by Crippen LogP contribution is -2.43. The summed E-state index contributed by atoms with van der Waals surface area (Å²) < 4.78 is 27.6. The Morgan fingerprint density at radius 1 is 1.40 bits per heavy atom. The number of rotatable bonds is 4. The van der Waals surface area contributed by atoms with Gasteiger partial charge in [-0.2, -0.15) is 0 Å². The van der Waals surface area contributed by atoms with Crippen molar-refractivity contribution in [3.8, 4) is 0 Å². The Balaban J connectivity index is 2.18. The van der Waals surface area contributed by atoms with Gasteiger partial charge >= 0.3 is 0 Å². The first-order valence-electron chi connectivity index (χ1n) is 6.62. The van der Waals surface area contributed by atoms with Gasteiger partial charge in [0.15, 0.2) is 0 Å². The zero-order chi connectivity index (χ0) is 14.8. The maximum absolute atomic E-state index is 12.4. The maximum atomic E-state index is 12.4. The first-order chi connectivity index (χ1) is 9.42. The molecule has 112 valence electrons. The summed E-state index contributed by atoms with van der Waals surface area (Å²) in [4.78, 5) is 2.30. The van der Waals surface area contributed by atoms with E-state index in [9.17, 15) is 8.42 Å². The first-order valence-corrected chi connectivity index (χ1v) is 8.48. The van der Waals surface area contributed by atoms with Crippen molar-refractivity contribution in [3.63, 3.8) is 0 Å². The molecular weight excluding hydrogens is 298 g/mol. The molecule has 1 fully saturated rings. The number of likely N-dealkylation sites (tertiary alicyclic amines) is 1. The van der Waals surface area contributed by atoms with Crippen LogP contribution in [-0.4, -0.2) is 39.5 Å². The third kappa shape index (κ3) is 3.71. The number of benzene rings is 1. The molecule has 0 aromatic heterocycles. The molecule has 0 spiro atoms. The van der Waals surface area contributed by atoms with Crippen LogP contribution in [0.3, 0.4) is 0 Å². The summed E-state index contributed by atoms with van der Waals surface area (Å²) in [5, 5.41) is 0.225. The van der Waals surface area contributed by atoms with E-state index in [1.54, 1.807) is 18.2 Å². The van der Waals surface area contributed by atoms with E-state index in [0.29, 0.717) is 0 Å². The van der Waals surface area contributed by atoms with Gasteiger partial charge in [0.05, 0.1) is 5.02 Å². The van der Waals surface area contributed by atoms with E-state index in [-0.39, 0.29) is 22.5 Å². The molecule has 1 aliphatic rings. The normalized spacial score (nSPS) is 18.4. The van der Waals surface area contributed by atoms with Crippen molar-refractivity contribution < 1.29 is 8.42 Å². The van der Waals surface area contributed by atoms with E-state index in [1.165, 1.54) is 0 Å². The van der Waals surface area contributed by atoms with Crippen molar-refractivity contribution in [3.05, 3.63) is 28.8 Å². The molecule has 20 heavy (non-hydrogen) atoms. The van der Waals surface area contributed by atoms with Crippen molar-refractivity contribution >= 4 is 21.6 Å². The van der Waals surface area contributed by atoms with E-state index < -0.39 is 10.0 Å². The van der Waals surface area contributed by atoms with E-state index in [4.69, 9.17) is 17.3 Å². The van der Waals surface area contributed by atoms with Crippen molar-refractivity contribution in [2.75, 3.05) is 20.1 Å². The fourth-order valence-electron chi connectivity index (χ4n) is 2.29. The molecule has 0 unspecified atom stereocenters. The van der Waals surface area contributed by atoms with Gasteiger partial charge in [-0.3, -0.25) is 0 Å². The molecule has 0 bridgehead atoms. The molecule has 3 N–H and O–H groups in total. The number of nitrogens with zero attached hydrogens (tertiary/aromatic N) is 1. The van der Waals surface area contributed by atoms with Gasteiger partial charge in [0.25, 0.3) is 0 Å². The number of piperidine rings is 1. The molecule has 7 heteroatoms. The number of nitrogens with two attached hydrogens (primary N) is 1. The largest absolute Gasteiger partial charge is 0.326 e. The minimum absolute atomic E-state index is 0.0335. The molecule has 1 saturated heterocycles. The number of hydrogen-bond acceptors (Lipinski definition) is 4. The molecule has 0 aliphatic carbocycles. The molecular formula is C13H20ClN3O2S. The van der Waals surface area contributed by atoms with E-state index >= 15 is 0 Å². The minimum atomic E-state index is -3.60. The fourth-order valence-corrected chi connectivity index (χ4v) is 4.15. The third-order valence-electron chi connectivity index (χ3n) is 3.56. The summed E-state index contributed by atoms with van der Waals surface area (Å²) >= 11 is 6.01. The van der Waals surface area contributed by atoms with Gasteiger partial charge in [-0.1, -0.05) is 17.7 Å². The molecule has 0 saturated carbocycles. The van der Waals surface area contributed by atoms with Gasteiger partial charge in [0.2, 0.25) is 10.0 Å². The number of halogens is 1. The predicted octanol–water partition coefficient (Wildman–Crippen LogP) is 1.17. The first kappa shape index (κ1) is 15.7. The second-order valence-corrected chi connectivity index (χ2v) is 7.26. The van der Waals surface area contributed by atoms with Crippen LogP contribution in [-0.2, 0) is 16.6 Å². The second-order valence-electron chi connectivity index (χ2n) is 5.17. The van der Waals surface area contributed by atoms with Crippen LogP contribution in [0.5, 0.6) is 0 Å². The zero-order valence-corrected chi connectivity index (χ0v) is 13.0. The van der Waals surface area contributed by atoms with Gasteiger partial charge in [-0.25, -0.2) is 13.1 Å². The average Bonchev–Trinajstić information content (AvgIpc) is 2.41. The summed E-state index contributed by atoms with van der Waals surface area (Å²) in [6.07, 6.45) is 1.62. The highest BCUT2D eigenvalue weighted by molar-refractivity contribution is 7.89. The van der Waals surface area contributed by atoms with Crippen LogP contribution < -0.4 is 10.5 Å². The molecule has 1 aromatic carbocycles. The summed E-state index contributed by atoms with van der Waals surface area (Å²) in [6.45, 7) is 2.07. The van der Waals surface area contributed by atoms with Crippen LogP contribution in [0.4, 0.5) is 0 Å². The average molecular weight is 318 g/mol. The maximum Gasteiger partial charge on any atom is 0.242 e. The molecule has 0 radical (unpaired) electrons. The molecule has 1 heterocycles. The van der Waals surface area contributed by atoms with Crippen molar-refractivity contribution in [2.24, 2.45) is 5.73 Å². The molecule has 5 nitrogen and oxygen atoms in total. The van der Waals surface area contributed by atoms with Crippen LogP contribution >= 0.6 is 11.6 Å². The Kier molecular flexibility index (Phi) is 5.04. The number of sulfonamides is 1. The standard InChI is InChI=1S/C13H20ClN3O2S/c1-17-6-4-11(5-7-17)16-20(18,19)13-8-10(9-15)2-3-12(13)14/h2-3,8,11,16H,4-7,9,15H2,1H3. The highest BCUT2D eigenvalue weighted by atomic mass is 35.5. The lowest BCUT2D eigenvalue weighted by molar-refractivity contribution is 0.248. The van der Waals surface area contributed by atoms with Gasteiger partial charge in [-0.05, 0) is 50.7 Å². The fraction of sp³-hybridized carbons (Fsp3) is 0.538. The van der Waals surface area contributed by atoms with Crippen molar-refractivity contribution in [1.82, 2.24) is 9.62 Å². The van der Waals surface area contributed by atoms with E-state index in [2.05, 4.69) is 9.62 Å². The summed E-state index contributed by atoms with van der Waals surface area (Å²) in [7, 11) is -1.56. The molecule has 1 aromatic rings. The predicted molar refractivity (Wildman–Crippen MR) is 80.2 cm³/mol. The highest BCUT2D eigenvalue weighted by Gasteiger charge is 2.25. The van der Waals surface area contributed by atoms with Gasteiger partial charge in [0.1, 0.15) is 4.90 Å². The molecule has 0 atom stereocenters. The van der Waals surface area contributed by atoms with Crippen LogP contribution in [0.25, 0.3) is 0 Å². The Hall–Kier alpha value is -0.660. The Morgan fingerprint density at radius 2 is 2.05 bits per heavy atom. The monoisotopic (exact) mass is 317 g/mol. The minimum Gasteiger partial charge on any atom is -0.326 e.